The highest BCUT2D eigenvalue weighted by Crippen LogP contribution is 2.45. The highest BCUT2D eigenvalue weighted by Gasteiger charge is 2.67. The molecule has 0 aromatic heterocycles. The summed E-state index contributed by atoms with van der Waals surface area (Å²) in [6.07, 6.45) is 0.182. The lowest BCUT2D eigenvalue weighted by molar-refractivity contribution is -0.154. The van der Waals surface area contributed by atoms with Gasteiger partial charge in [-0.3, -0.25) is 24.6 Å². The molecule has 11 heteroatoms. The van der Waals surface area contributed by atoms with Crippen LogP contribution in [0, 0.1) is 17.7 Å². The zero-order valence-corrected chi connectivity index (χ0v) is 18.6. The fraction of sp³-hybridized carbons (Fsp3) is 0.550. The van der Waals surface area contributed by atoms with Crippen molar-refractivity contribution in [1.29, 1.82) is 0 Å². The standard InChI is InChI=1S/C20H26FN3O6S/c1-5-20(19(27)30-4)16-15(17(25)23(3)18(16)26)14(22-20)11-24(6-2)31(28,29)13-9-7-12(21)8-10-13/h7-10,14-16,22H,5-6,11H2,1-4H3/t14-,15+,16-,20-/m1/s1. The van der Waals surface area contributed by atoms with Gasteiger partial charge in [0.05, 0.1) is 23.8 Å². The van der Waals surface area contributed by atoms with E-state index in [9.17, 15) is 27.2 Å². The molecule has 2 heterocycles. The number of ether oxygens (including phenoxy) is 1. The maximum Gasteiger partial charge on any atom is 0.326 e. The van der Waals surface area contributed by atoms with Gasteiger partial charge < -0.3 is 4.74 Å². The first-order valence-corrected chi connectivity index (χ1v) is 11.4. The summed E-state index contributed by atoms with van der Waals surface area (Å²) >= 11 is 0. The lowest BCUT2D eigenvalue weighted by Crippen LogP contribution is -2.58. The Morgan fingerprint density at radius 1 is 1.23 bits per heavy atom. The number of carbonyl (C=O) groups excluding carboxylic acids is 3. The van der Waals surface area contributed by atoms with E-state index in [1.165, 1.54) is 26.3 Å². The molecule has 0 unspecified atom stereocenters. The minimum atomic E-state index is -4.00. The normalized spacial score (nSPS) is 28.3. The molecule has 2 aliphatic heterocycles. The third-order valence-corrected chi connectivity index (χ3v) is 8.25. The van der Waals surface area contributed by atoms with Gasteiger partial charge in [-0.05, 0) is 30.7 Å². The minimum Gasteiger partial charge on any atom is -0.468 e. The Labute approximate surface area is 180 Å². The Balaban J connectivity index is 1.99. The van der Waals surface area contributed by atoms with Crippen LogP contribution in [0.1, 0.15) is 20.3 Å². The van der Waals surface area contributed by atoms with Crippen LogP contribution in [0.4, 0.5) is 4.39 Å². The second-order valence-corrected chi connectivity index (χ2v) is 9.65. The Kier molecular flexibility index (Phi) is 6.23. The number of likely N-dealkylation sites (tertiary alicyclic amines) is 1. The van der Waals surface area contributed by atoms with Gasteiger partial charge in [-0.25, -0.2) is 12.8 Å². The van der Waals surface area contributed by atoms with Crippen LogP contribution in [-0.4, -0.2) is 74.2 Å². The summed E-state index contributed by atoms with van der Waals surface area (Å²) in [5, 5.41) is 3.08. The quantitative estimate of drug-likeness (QED) is 0.467. The molecule has 0 radical (unpaired) electrons. The first-order chi connectivity index (χ1) is 14.5. The number of rotatable bonds is 7. The number of hydrogen-bond acceptors (Lipinski definition) is 7. The summed E-state index contributed by atoms with van der Waals surface area (Å²) in [5.41, 5.74) is -1.43. The summed E-state index contributed by atoms with van der Waals surface area (Å²) in [4.78, 5) is 39.3. The van der Waals surface area contributed by atoms with Gasteiger partial charge in [0.25, 0.3) is 0 Å². The average Bonchev–Trinajstić information content (AvgIpc) is 3.21. The second-order valence-electron chi connectivity index (χ2n) is 7.72. The van der Waals surface area contributed by atoms with Gasteiger partial charge in [-0.15, -0.1) is 0 Å². The Hall–Kier alpha value is -2.37. The van der Waals surface area contributed by atoms with E-state index in [4.69, 9.17) is 4.74 Å². The van der Waals surface area contributed by atoms with Crippen LogP contribution in [-0.2, 0) is 29.1 Å². The number of sulfonamides is 1. The summed E-state index contributed by atoms with van der Waals surface area (Å²) in [7, 11) is -1.45. The van der Waals surface area contributed by atoms with Gasteiger partial charge in [0.2, 0.25) is 21.8 Å². The summed E-state index contributed by atoms with van der Waals surface area (Å²) in [6.45, 7) is 3.26. The van der Waals surface area contributed by atoms with Crippen molar-refractivity contribution in [2.45, 2.75) is 36.7 Å². The van der Waals surface area contributed by atoms with Crippen LogP contribution in [0.2, 0.25) is 0 Å². The maximum atomic E-state index is 13.2. The number of fused-ring (bicyclic) bond motifs is 1. The van der Waals surface area contributed by atoms with E-state index in [0.29, 0.717) is 0 Å². The van der Waals surface area contributed by atoms with Crippen molar-refractivity contribution in [3.05, 3.63) is 30.1 Å². The molecule has 1 aromatic rings. The third-order valence-electron chi connectivity index (χ3n) is 6.29. The third kappa shape index (κ3) is 3.54. The van der Waals surface area contributed by atoms with Gasteiger partial charge in [0.15, 0.2) is 0 Å². The van der Waals surface area contributed by atoms with Gasteiger partial charge in [0, 0.05) is 26.2 Å². The molecule has 0 saturated carbocycles. The lowest BCUT2D eigenvalue weighted by Gasteiger charge is -2.31. The van der Waals surface area contributed by atoms with Gasteiger partial charge >= 0.3 is 5.97 Å². The van der Waals surface area contributed by atoms with Crippen molar-refractivity contribution in [2.75, 3.05) is 27.2 Å². The van der Waals surface area contributed by atoms with Gasteiger partial charge in [-0.1, -0.05) is 13.8 Å². The molecule has 0 bridgehead atoms. The van der Waals surface area contributed by atoms with Crippen molar-refractivity contribution in [2.24, 2.45) is 11.8 Å². The SMILES string of the molecule is CCN(C[C@H]1N[C@@](CC)(C(=O)OC)[C@H]2C(=O)N(C)C(=O)[C@@H]12)S(=O)(=O)c1ccc(F)cc1. The molecule has 4 atom stereocenters. The van der Waals surface area contributed by atoms with Crippen LogP contribution in [0.25, 0.3) is 0 Å². The number of nitrogens with zero attached hydrogens (tertiary/aromatic N) is 2. The van der Waals surface area contributed by atoms with E-state index in [1.807, 2.05) is 0 Å². The lowest BCUT2D eigenvalue weighted by atomic mass is 9.78. The summed E-state index contributed by atoms with van der Waals surface area (Å²) in [6, 6.07) is 3.65. The van der Waals surface area contributed by atoms with Crippen molar-refractivity contribution in [3.8, 4) is 0 Å². The number of esters is 1. The molecular weight excluding hydrogens is 429 g/mol. The van der Waals surface area contributed by atoms with Crippen molar-refractivity contribution < 1.29 is 31.9 Å². The van der Waals surface area contributed by atoms with Crippen LogP contribution in [0.5, 0.6) is 0 Å². The minimum absolute atomic E-state index is 0.0740. The van der Waals surface area contributed by atoms with E-state index in [2.05, 4.69) is 5.32 Å². The number of halogens is 1. The molecular formula is C20H26FN3O6S. The van der Waals surface area contributed by atoms with E-state index >= 15 is 0 Å². The Bertz CT molecular complexity index is 999. The number of hydrogen-bond donors (Lipinski definition) is 1. The van der Waals surface area contributed by atoms with Crippen molar-refractivity contribution in [3.63, 3.8) is 0 Å². The smallest absolute Gasteiger partial charge is 0.326 e. The molecule has 0 spiro atoms. The number of likely N-dealkylation sites (N-methyl/N-ethyl adjacent to an activating group) is 1. The topological polar surface area (TPSA) is 113 Å². The van der Waals surface area contributed by atoms with Crippen molar-refractivity contribution in [1.82, 2.24) is 14.5 Å². The summed E-state index contributed by atoms with van der Waals surface area (Å²) in [5.74, 6) is -4.10. The largest absolute Gasteiger partial charge is 0.468 e. The molecule has 1 aromatic carbocycles. The molecule has 170 valence electrons. The molecule has 31 heavy (non-hydrogen) atoms. The van der Waals surface area contributed by atoms with E-state index in [0.717, 1.165) is 21.3 Å². The van der Waals surface area contributed by atoms with E-state index in [-0.39, 0.29) is 24.4 Å². The molecule has 3 rings (SSSR count). The first kappa shape index (κ1) is 23.3. The monoisotopic (exact) mass is 455 g/mol. The predicted octanol–water partition coefficient (Wildman–Crippen LogP) is 0.361. The fourth-order valence-electron chi connectivity index (χ4n) is 4.63. The summed E-state index contributed by atoms with van der Waals surface area (Å²) < 4.78 is 45.5. The van der Waals surface area contributed by atoms with Crippen LogP contribution >= 0.6 is 0 Å². The van der Waals surface area contributed by atoms with Crippen LogP contribution < -0.4 is 5.32 Å². The second kappa shape index (κ2) is 8.29. The van der Waals surface area contributed by atoms with Crippen LogP contribution in [0.3, 0.4) is 0 Å². The zero-order chi connectivity index (χ0) is 23.1. The number of carbonyl (C=O) groups is 3. The Morgan fingerprint density at radius 3 is 2.35 bits per heavy atom. The number of methoxy groups -OCH3 is 1. The van der Waals surface area contributed by atoms with Gasteiger partial charge in [0.1, 0.15) is 11.4 Å². The molecule has 1 N–H and O–H groups in total. The number of amides is 2. The Morgan fingerprint density at radius 2 is 1.84 bits per heavy atom. The zero-order valence-electron chi connectivity index (χ0n) is 17.8. The predicted molar refractivity (Wildman–Crippen MR) is 108 cm³/mol. The molecule has 9 nitrogen and oxygen atoms in total. The van der Waals surface area contributed by atoms with Crippen molar-refractivity contribution >= 4 is 27.8 Å². The number of benzene rings is 1. The maximum absolute atomic E-state index is 13.2. The first-order valence-electron chi connectivity index (χ1n) is 9.98. The van der Waals surface area contributed by atoms with E-state index in [1.54, 1.807) is 13.8 Å². The molecule has 2 saturated heterocycles. The average molecular weight is 456 g/mol. The molecule has 2 aliphatic rings. The van der Waals surface area contributed by atoms with Gasteiger partial charge in [-0.2, -0.15) is 4.31 Å². The van der Waals surface area contributed by atoms with E-state index < -0.39 is 57.0 Å². The molecule has 0 aliphatic carbocycles. The highest BCUT2D eigenvalue weighted by molar-refractivity contribution is 7.89. The molecule has 2 fully saturated rings. The fourth-order valence-corrected chi connectivity index (χ4v) is 6.11. The molecule has 2 amide bonds. The van der Waals surface area contributed by atoms with Crippen LogP contribution in [0.15, 0.2) is 29.2 Å². The number of nitrogens with one attached hydrogen (secondary N) is 1. The highest BCUT2D eigenvalue weighted by atomic mass is 32.2. The number of imide groups is 1.